The highest BCUT2D eigenvalue weighted by molar-refractivity contribution is 7.80. The van der Waals surface area contributed by atoms with Crippen molar-refractivity contribution in [1.29, 1.82) is 0 Å². The summed E-state index contributed by atoms with van der Waals surface area (Å²) in [5.41, 5.74) is 3.00. The molecule has 124 valence electrons. The van der Waals surface area contributed by atoms with Gasteiger partial charge in [0.1, 0.15) is 5.75 Å². The van der Waals surface area contributed by atoms with Gasteiger partial charge >= 0.3 is 0 Å². The molecule has 1 aliphatic heterocycles. The lowest BCUT2D eigenvalue weighted by Crippen LogP contribution is -2.34. The third-order valence-electron chi connectivity index (χ3n) is 4.02. The van der Waals surface area contributed by atoms with Crippen LogP contribution in [0, 0.1) is 0 Å². The van der Waals surface area contributed by atoms with Crippen LogP contribution in [0.15, 0.2) is 53.6 Å². The van der Waals surface area contributed by atoms with Crippen molar-refractivity contribution in [2.24, 2.45) is 5.10 Å². The number of hydrogen-bond acceptors (Lipinski definition) is 3. The van der Waals surface area contributed by atoms with E-state index in [9.17, 15) is 0 Å². The van der Waals surface area contributed by atoms with E-state index in [1.54, 1.807) is 14.2 Å². The average molecular weight is 360 g/mol. The maximum absolute atomic E-state index is 6.33. The Morgan fingerprint density at radius 2 is 1.96 bits per heavy atom. The molecule has 0 amide bonds. The summed E-state index contributed by atoms with van der Waals surface area (Å²) in [6.45, 7) is 0. The molecule has 2 aromatic rings. The largest absolute Gasteiger partial charge is 0.497 e. The Labute approximate surface area is 152 Å². The number of benzene rings is 2. The summed E-state index contributed by atoms with van der Waals surface area (Å²) in [5.74, 6) is 0.826. The highest BCUT2D eigenvalue weighted by Gasteiger charge is 2.31. The van der Waals surface area contributed by atoms with Crippen molar-refractivity contribution in [3.05, 3.63) is 64.7 Å². The van der Waals surface area contributed by atoms with Gasteiger partial charge in [0, 0.05) is 24.1 Å². The molecule has 6 heteroatoms. The molecule has 0 spiro atoms. The second-order valence-electron chi connectivity index (χ2n) is 5.42. The number of nitrogens with one attached hydrogen (secondary N) is 1. The van der Waals surface area contributed by atoms with Crippen molar-refractivity contribution < 1.29 is 4.74 Å². The smallest absolute Gasteiger partial charge is 0.189 e. The van der Waals surface area contributed by atoms with Gasteiger partial charge in [-0.1, -0.05) is 41.9 Å². The molecule has 0 saturated carbocycles. The lowest BCUT2D eigenvalue weighted by molar-refractivity contribution is 0.365. The van der Waals surface area contributed by atoms with Crippen LogP contribution >= 0.6 is 23.8 Å². The first-order valence-corrected chi connectivity index (χ1v) is 8.40. The van der Waals surface area contributed by atoms with E-state index in [2.05, 4.69) is 5.32 Å². The molecule has 4 nitrogen and oxygen atoms in total. The number of hydrogen-bond donors (Lipinski definition) is 1. The predicted molar refractivity (Wildman–Crippen MR) is 102 cm³/mol. The summed E-state index contributed by atoms with van der Waals surface area (Å²) in [4.78, 5) is 0. The summed E-state index contributed by atoms with van der Waals surface area (Å²) in [6.07, 6.45) is 0.734. The number of ether oxygens (including phenoxy) is 1. The highest BCUT2D eigenvalue weighted by atomic mass is 35.5. The Hall–Kier alpha value is -2.11. The van der Waals surface area contributed by atoms with Gasteiger partial charge in [-0.3, -0.25) is 0 Å². The zero-order chi connectivity index (χ0) is 17.1. The van der Waals surface area contributed by atoms with Crippen LogP contribution in [0.4, 0.5) is 0 Å². The molecule has 0 radical (unpaired) electrons. The first-order chi connectivity index (χ1) is 11.6. The Morgan fingerprint density at radius 3 is 2.58 bits per heavy atom. The van der Waals surface area contributed by atoms with Gasteiger partial charge in [-0.2, -0.15) is 5.10 Å². The van der Waals surface area contributed by atoms with Crippen LogP contribution in [0.25, 0.3) is 0 Å². The van der Waals surface area contributed by atoms with Crippen molar-refractivity contribution in [3.63, 3.8) is 0 Å². The van der Waals surface area contributed by atoms with Gasteiger partial charge in [-0.15, -0.1) is 0 Å². The quantitative estimate of drug-likeness (QED) is 0.840. The van der Waals surface area contributed by atoms with Gasteiger partial charge < -0.3 is 10.1 Å². The summed E-state index contributed by atoms with van der Waals surface area (Å²) in [6, 6.07) is 15.7. The van der Waals surface area contributed by atoms with E-state index in [1.165, 1.54) is 0 Å². The number of nitrogens with zero attached hydrogens (tertiary/aromatic N) is 2. The van der Waals surface area contributed by atoms with E-state index in [1.807, 2.05) is 53.5 Å². The molecule has 0 fully saturated rings. The lowest BCUT2D eigenvalue weighted by atomic mass is 9.98. The van der Waals surface area contributed by atoms with Crippen LogP contribution in [0.2, 0.25) is 5.02 Å². The van der Waals surface area contributed by atoms with Gasteiger partial charge in [0.25, 0.3) is 0 Å². The summed E-state index contributed by atoms with van der Waals surface area (Å²) < 4.78 is 5.24. The van der Waals surface area contributed by atoms with Crippen LogP contribution in [-0.4, -0.2) is 30.0 Å². The van der Waals surface area contributed by atoms with E-state index >= 15 is 0 Å². The number of rotatable bonds is 3. The number of thiocarbonyl (C=S) groups is 1. The van der Waals surface area contributed by atoms with Crippen molar-refractivity contribution in [2.45, 2.75) is 12.5 Å². The third-order valence-corrected chi connectivity index (χ3v) is 4.74. The fourth-order valence-electron chi connectivity index (χ4n) is 2.76. The van der Waals surface area contributed by atoms with Crippen LogP contribution in [0.5, 0.6) is 5.75 Å². The Kier molecular flexibility index (Phi) is 5.02. The minimum atomic E-state index is 0.0297. The molecule has 1 atom stereocenters. The van der Waals surface area contributed by atoms with Gasteiger partial charge in [0.05, 0.1) is 18.9 Å². The molecular formula is C18H18ClN3OS. The van der Waals surface area contributed by atoms with Crippen LogP contribution in [-0.2, 0) is 0 Å². The van der Waals surface area contributed by atoms with Crippen molar-refractivity contribution in [1.82, 2.24) is 10.3 Å². The first kappa shape index (κ1) is 16.7. The predicted octanol–water partition coefficient (Wildman–Crippen LogP) is 4.00. The first-order valence-electron chi connectivity index (χ1n) is 7.61. The van der Waals surface area contributed by atoms with Crippen molar-refractivity contribution >= 4 is 34.6 Å². The molecule has 2 aromatic carbocycles. The summed E-state index contributed by atoms with van der Waals surface area (Å²) in [5, 5.41) is 10.8. The van der Waals surface area contributed by atoms with E-state index in [4.69, 9.17) is 33.7 Å². The van der Waals surface area contributed by atoms with Crippen LogP contribution < -0.4 is 10.1 Å². The Balaban J connectivity index is 1.95. The molecule has 1 aliphatic rings. The van der Waals surface area contributed by atoms with Crippen LogP contribution in [0.1, 0.15) is 23.6 Å². The molecule has 24 heavy (non-hydrogen) atoms. The second kappa shape index (κ2) is 7.20. The molecule has 1 heterocycles. The standard InChI is InChI=1S/C18H18ClN3OS/c1-20-18(24)22-17(12-7-9-13(23-2)10-8-12)11-16(21-22)14-5-3-4-6-15(14)19/h3-10,17H,11H2,1-2H3,(H,20,24)/t17-/m1/s1. The van der Waals surface area contributed by atoms with Crippen molar-refractivity contribution in [2.75, 3.05) is 14.2 Å². The molecule has 0 unspecified atom stereocenters. The molecule has 0 saturated heterocycles. The second-order valence-corrected chi connectivity index (χ2v) is 6.21. The third kappa shape index (κ3) is 3.23. The SMILES string of the molecule is CNC(=S)N1N=C(c2ccccc2Cl)C[C@@H]1c1ccc(OC)cc1. The Morgan fingerprint density at radius 1 is 1.25 bits per heavy atom. The van der Waals surface area contributed by atoms with E-state index in [0.29, 0.717) is 10.1 Å². The molecule has 1 N–H and O–H groups in total. The topological polar surface area (TPSA) is 36.9 Å². The molecule has 0 aromatic heterocycles. The minimum Gasteiger partial charge on any atom is -0.497 e. The number of methoxy groups -OCH3 is 1. The molecule has 0 bridgehead atoms. The maximum Gasteiger partial charge on any atom is 0.189 e. The van der Waals surface area contributed by atoms with E-state index in [-0.39, 0.29) is 6.04 Å². The average Bonchev–Trinajstić information content (AvgIpc) is 3.06. The van der Waals surface area contributed by atoms with Gasteiger partial charge in [0.15, 0.2) is 5.11 Å². The maximum atomic E-state index is 6.33. The number of hydrazone groups is 1. The monoisotopic (exact) mass is 359 g/mol. The van der Waals surface area contributed by atoms with Gasteiger partial charge in [-0.05, 0) is 36.0 Å². The molecule has 3 rings (SSSR count). The zero-order valence-electron chi connectivity index (χ0n) is 13.5. The fraction of sp³-hybridized carbons (Fsp3) is 0.222. The Bertz CT molecular complexity index is 776. The summed E-state index contributed by atoms with van der Waals surface area (Å²) in [7, 11) is 3.46. The normalized spacial score (nSPS) is 16.7. The fourth-order valence-corrected chi connectivity index (χ4v) is 3.17. The molecule has 0 aliphatic carbocycles. The highest BCUT2D eigenvalue weighted by Crippen LogP contribution is 2.34. The summed E-state index contributed by atoms with van der Waals surface area (Å²) >= 11 is 11.8. The molecular weight excluding hydrogens is 342 g/mol. The van der Waals surface area contributed by atoms with E-state index < -0.39 is 0 Å². The minimum absolute atomic E-state index is 0.0297. The van der Waals surface area contributed by atoms with Crippen molar-refractivity contribution in [3.8, 4) is 5.75 Å². The van der Waals surface area contributed by atoms with Gasteiger partial charge in [-0.25, -0.2) is 5.01 Å². The lowest BCUT2D eigenvalue weighted by Gasteiger charge is -2.23. The zero-order valence-corrected chi connectivity index (χ0v) is 15.1. The number of halogens is 1. The van der Waals surface area contributed by atoms with E-state index in [0.717, 1.165) is 29.0 Å². The van der Waals surface area contributed by atoms with Gasteiger partial charge in [0.2, 0.25) is 0 Å². The van der Waals surface area contributed by atoms with Crippen LogP contribution in [0.3, 0.4) is 0 Å².